The molecule has 0 radical (unpaired) electrons. The van der Waals surface area contributed by atoms with Gasteiger partial charge in [-0.1, -0.05) is 23.5 Å². The minimum Gasteiger partial charge on any atom is -0.355 e. The molecular formula is C12H15N3OS. The fourth-order valence-corrected chi connectivity index (χ4v) is 2.46. The van der Waals surface area contributed by atoms with Gasteiger partial charge in [-0.05, 0) is 26.0 Å². The number of hydrogen-bond donors (Lipinski definition) is 2. The molecule has 5 heteroatoms. The number of nitrogens with one attached hydrogen (secondary N) is 2. The van der Waals surface area contributed by atoms with Crippen LogP contribution in [0.5, 0.6) is 0 Å². The summed E-state index contributed by atoms with van der Waals surface area (Å²) in [5.74, 6) is -0.00763. The zero-order chi connectivity index (χ0) is 12.3. The third-order valence-electron chi connectivity index (χ3n) is 2.38. The summed E-state index contributed by atoms with van der Waals surface area (Å²) in [7, 11) is 0. The van der Waals surface area contributed by atoms with Crippen molar-refractivity contribution in [1.82, 2.24) is 10.3 Å². The van der Waals surface area contributed by atoms with E-state index in [2.05, 4.69) is 15.6 Å². The van der Waals surface area contributed by atoms with E-state index in [1.54, 1.807) is 11.3 Å². The molecule has 17 heavy (non-hydrogen) atoms. The van der Waals surface area contributed by atoms with Gasteiger partial charge in [-0.2, -0.15) is 0 Å². The fraction of sp³-hybridized carbons (Fsp3) is 0.333. The van der Waals surface area contributed by atoms with Crippen molar-refractivity contribution in [3.63, 3.8) is 0 Å². The van der Waals surface area contributed by atoms with Crippen LogP contribution in [0.3, 0.4) is 0 Å². The van der Waals surface area contributed by atoms with Gasteiger partial charge >= 0.3 is 0 Å². The van der Waals surface area contributed by atoms with Crippen LogP contribution >= 0.6 is 11.3 Å². The van der Waals surface area contributed by atoms with Gasteiger partial charge in [0.25, 0.3) is 0 Å². The van der Waals surface area contributed by atoms with E-state index in [-0.39, 0.29) is 11.9 Å². The SMILES string of the molecule is CCNC(=O)C(C)Nc1nc2ccccc2s1. The fourth-order valence-electron chi connectivity index (χ4n) is 1.51. The first kappa shape index (κ1) is 11.9. The summed E-state index contributed by atoms with van der Waals surface area (Å²) in [4.78, 5) is 16.0. The summed E-state index contributed by atoms with van der Waals surface area (Å²) in [6.45, 7) is 4.38. The maximum Gasteiger partial charge on any atom is 0.242 e. The van der Waals surface area contributed by atoms with Gasteiger partial charge < -0.3 is 10.6 Å². The molecule has 0 aliphatic heterocycles. The van der Waals surface area contributed by atoms with Crippen LogP contribution in [0, 0.1) is 0 Å². The van der Waals surface area contributed by atoms with Crippen LogP contribution in [0.1, 0.15) is 13.8 Å². The Kier molecular flexibility index (Phi) is 3.58. The molecule has 1 heterocycles. The van der Waals surface area contributed by atoms with E-state index in [9.17, 15) is 4.79 Å². The highest BCUT2D eigenvalue weighted by Crippen LogP contribution is 2.25. The Morgan fingerprint density at radius 2 is 2.24 bits per heavy atom. The Balaban J connectivity index is 2.10. The molecule has 0 fully saturated rings. The number of anilines is 1. The smallest absolute Gasteiger partial charge is 0.242 e. The molecule has 1 amide bonds. The summed E-state index contributed by atoms with van der Waals surface area (Å²) in [5.41, 5.74) is 0.961. The molecule has 1 aromatic heterocycles. The Morgan fingerprint density at radius 1 is 1.47 bits per heavy atom. The maximum atomic E-state index is 11.6. The Hall–Kier alpha value is -1.62. The van der Waals surface area contributed by atoms with E-state index in [0.717, 1.165) is 15.3 Å². The van der Waals surface area contributed by atoms with Crippen molar-refractivity contribution in [2.45, 2.75) is 19.9 Å². The number of nitrogens with zero attached hydrogens (tertiary/aromatic N) is 1. The molecule has 2 N–H and O–H groups in total. The molecule has 0 bridgehead atoms. The van der Waals surface area contributed by atoms with E-state index >= 15 is 0 Å². The molecule has 1 unspecified atom stereocenters. The first-order valence-corrected chi connectivity index (χ1v) is 6.42. The molecule has 0 spiro atoms. The van der Waals surface area contributed by atoms with Gasteiger partial charge in [-0.25, -0.2) is 4.98 Å². The van der Waals surface area contributed by atoms with Gasteiger partial charge in [-0.15, -0.1) is 0 Å². The van der Waals surface area contributed by atoms with Crippen molar-refractivity contribution in [1.29, 1.82) is 0 Å². The number of amides is 1. The highest BCUT2D eigenvalue weighted by Gasteiger charge is 2.13. The number of benzene rings is 1. The Bertz CT molecular complexity index is 490. The lowest BCUT2D eigenvalue weighted by molar-refractivity contribution is -0.121. The van der Waals surface area contributed by atoms with Crippen LogP contribution in [-0.2, 0) is 4.79 Å². The Morgan fingerprint density at radius 3 is 2.94 bits per heavy atom. The summed E-state index contributed by atoms with van der Waals surface area (Å²) in [6, 6.07) is 7.66. The number of carbonyl (C=O) groups is 1. The molecule has 2 rings (SSSR count). The predicted molar refractivity (Wildman–Crippen MR) is 71.4 cm³/mol. The molecular weight excluding hydrogens is 234 g/mol. The molecule has 1 aromatic carbocycles. The van der Waals surface area contributed by atoms with E-state index in [0.29, 0.717) is 6.54 Å². The van der Waals surface area contributed by atoms with Gasteiger partial charge in [0.2, 0.25) is 5.91 Å². The van der Waals surface area contributed by atoms with Crippen molar-refractivity contribution in [2.24, 2.45) is 0 Å². The van der Waals surface area contributed by atoms with Crippen molar-refractivity contribution >= 4 is 32.6 Å². The molecule has 4 nitrogen and oxygen atoms in total. The van der Waals surface area contributed by atoms with Crippen molar-refractivity contribution < 1.29 is 4.79 Å². The van der Waals surface area contributed by atoms with Crippen LogP contribution in [0.15, 0.2) is 24.3 Å². The highest BCUT2D eigenvalue weighted by atomic mass is 32.1. The number of aromatic nitrogens is 1. The minimum atomic E-state index is -0.268. The number of rotatable bonds is 4. The number of para-hydroxylation sites is 1. The largest absolute Gasteiger partial charge is 0.355 e. The normalized spacial score (nSPS) is 12.4. The van der Waals surface area contributed by atoms with Crippen LogP contribution in [0.25, 0.3) is 10.2 Å². The number of carbonyl (C=O) groups excluding carboxylic acids is 1. The topological polar surface area (TPSA) is 54.0 Å². The quantitative estimate of drug-likeness (QED) is 0.873. The first-order valence-electron chi connectivity index (χ1n) is 5.60. The van der Waals surface area contributed by atoms with Crippen molar-refractivity contribution in [2.75, 3.05) is 11.9 Å². The molecule has 1 atom stereocenters. The monoisotopic (exact) mass is 249 g/mol. The predicted octanol–water partition coefficient (Wildman–Crippen LogP) is 2.23. The van der Waals surface area contributed by atoms with Crippen LogP contribution in [0.4, 0.5) is 5.13 Å². The van der Waals surface area contributed by atoms with Crippen LogP contribution in [-0.4, -0.2) is 23.5 Å². The molecule has 2 aromatic rings. The summed E-state index contributed by atoms with van der Waals surface area (Å²) < 4.78 is 1.12. The molecule has 0 saturated carbocycles. The summed E-state index contributed by atoms with van der Waals surface area (Å²) in [6.07, 6.45) is 0. The first-order chi connectivity index (χ1) is 8.20. The number of likely N-dealkylation sites (N-methyl/N-ethyl adjacent to an activating group) is 1. The zero-order valence-electron chi connectivity index (χ0n) is 9.86. The van der Waals surface area contributed by atoms with Crippen molar-refractivity contribution in [3.05, 3.63) is 24.3 Å². The average molecular weight is 249 g/mol. The summed E-state index contributed by atoms with van der Waals surface area (Å²) in [5, 5.41) is 6.67. The third-order valence-corrected chi connectivity index (χ3v) is 3.35. The maximum absolute atomic E-state index is 11.6. The number of fused-ring (bicyclic) bond motifs is 1. The van der Waals surface area contributed by atoms with Gasteiger partial charge in [0.05, 0.1) is 10.2 Å². The van der Waals surface area contributed by atoms with E-state index < -0.39 is 0 Å². The minimum absolute atomic E-state index is 0.00763. The van der Waals surface area contributed by atoms with Crippen molar-refractivity contribution in [3.8, 4) is 0 Å². The Labute approximate surface area is 104 Å². The zero-order valence-corrected chi connectivity index (χ0v) is 10.7. The molecule has 0 aliphatic carbocycles. The second kappa shape index (κ2) is 5.14. The lowest BCUT2D eigenvalue weighted by Crippen LogP contribution is -2.37. The molecule has 0 aliphatic rings. The average Bonchev–Trinajstić information content (AvgIpc) is 2.71. The van der Waals surface area contributed by atoms with Crippen LogP contribution < -0.4 is 10.6 Å². The van der Waals surface area contributed by atoms with Gasteiger partial charge in [-0.3, -0.25) is 4.79 Å². The van der Waals surface area contributed by atoms with E-state index in [4.69, 9.17) is 0 Å². The lowest BCUT2D eigenvalue weighted by Gasteiger charge is -2.11. The van der Waals surface area contributed by atoms with Crippen LogP contribution in [0.2, 0.25) is 0 Å². The third kappa shape index (κ3) is 2.74. The number of thiazole rings is 1. The molecule has 0 saturated heterocycles. The van der Waals surface area contributed by atoms with E-state index in [1.807, 2.05) is 38.1 Å². The molecule has 90 valence electrons. The second-order valence-electron chi connectivity index (χ2n) is 3.75. The van der Waals surface area contributed by atoms with E-state index in [1.165, 1.54) is 0 Å². The van der Waals surface area contributed by atoms with Gasteiger partial charge in [0.15, 0.2) is 5.13 Å². The second-order valence-corrected chi connectivity index (χ2v) is 4.78. The standard InChI is InChI=1S/C12H15N3OS/c1-3-13-11(16)8(2)14-12-15-9-6-4-5-7-10(9)17-12/h4-8H,3H2,1-2H3,(H,13,16)(H,14,15). The number of hydrogen-bond acceptors (Lipinski definition) is 4. The van der Waals surface area contributed by atoms with Gasteiger partial charge in [0, 0.05) is 6.54 Å². The lowest BCUT2D eigenvalue weighted by atomic mass is 10.3. The highest BCUT2D eigenvalue weighted by molar-refractivity contribution is 7.22. The summed E-state index contributed by atoms with van der Waals surface area (Å²) >= 11 is 1.56. The van der Waals surface area contributed by atoms with Gasteiger partial charge in [0.1, 0.15) is 6.04 Å².